The summed E-state index contributed by atoms with van der Waals surface area (Å²) in [5, 5.41) is 5.70. The van der Waals surface area contributed by atoms with Crippen LogP contribution in [0.15, 0.2) is 72.8 Å². The summed E-state index contributed by atoms with van der Waals surface area (Å²) in [4.78, 5) is 24.0. The average molecular weight is 401 g/mol. The highest BCUT2D eigenvalue weighted by Gasteiger charge is 2.13. The minimum Gasteiger partial charge on any atom is -0.457 e. The Morgan fingerprint density at radius 1 is 0.778 bits per heavy atom. The van der Waals surface area contributed by atoms with Crippen LogP contribution in [0, 0.1) is 0 Å². The van der Waals surface area contributed by atoms with Crippen molar-refractivity contribution in [2.75, 3.05) is 5.32 Å². The van der Waals surface area contributed by atoms with Crippen LogP contribution >= 0.6 is 23.2 Å². The second kappa shape index (κ2) is 8.58. The molecule has 0 aliphatic carbocycles. The molecular formula is C20H14Cl2N2O3. The van der Waals surface area contributed by atoms with Crippen LogP contribution < -0.4 is 15.4 Å². The fourth-order valence-corrected chi connectivity index (χ4v) is 2.57. The van der Waals surface area contributed by atoms with Crippen LogP contribution in [-0.2, 0) is 0 Å². The number of imide groups is 1. The molecule has 0 bridgehead atoms. The van der Waals surface area contributed by atoms with Gasteiger partial charge in [0, 0.05) is 10.7 Å². The number of amides is 3. The van der Waals surface area contributed by atoms with E-state index in [-0.39, 0.29) is 10.6 Å². The molecule has 0 atom stereocenters. The number of urea groups is 1. The SMILES string of the molecule is O=C(NC(=O)c1ccccc1Cl)Nc1ccc(Oc2ccc(Cl)cc2)cc1. The summed E-state index contributed by atoms with van der Waals surface area (Å²) >= 11 is 11.8. The molecule has 3 amide bonds. The summed E-state index contributed by atoms with van der Waals surface area (Å²) in [6.45, 7) is 0. The van der Waals surface area contributed by atoms with Gasteiger partial charge in [-0.2, -0.15) is 0 Å². The first-order chi connectivity index (χ1) is 13.0. The molecule has 0 aliphatic rings. The maximum absolute atomic E-state index is 12.1. The van der Waals surface area contributed by atoms with Crippen LogP contribution in [0.4, 0.5) is 10.5 Å². The summed E-state index contributed by atoms with van der Waals surface area (Å²) in [7, 11) is 0. The number of ether oxygens (including phenoxy) is 1. The molecule has 0 fully saturated rings. The summed E-state index contributed by atoms with van der Waals surface area (Å²) in [6, 6.07) is 19.5. The Kier molecular flexibility index (Phi) is 5.96. The smallest absolute Gasteiger partial charge is 0.326 e. The van der Waals surface area contributed by atoms with Gasteiger partial charge in [-0.15, -0.1) is 0 Å². The van der Waals surface area contributed by atoms with Gasteiger partial charge in [-0.3, -0.25) is 10.1 Å². The minimum absolute atomic E-state index is 0.223. The van der Waals surface area contributed by atoms with E-state index in [1.165, 1.54) is 6.07 Å². The van der Waals surface area contributed by atoms with Crippen molar-refractivity contribution in [3.05, 3.63) is 88.4 Å². The second-order valence-electron chi connectivity index (χ2n) is 5.47. The van der Waals surface area contributed by atoms with Crippen molar-refractivity contribution < 1.29 is 14.3 Å². The predicted octanol–water partition coefficient (Wildman–Crippen LogP) is 5.75. The molecule has 0 radical (unpaired) electrons. The van der Waals surface area contributed by atoms with Gasteiger partial charge in [0.2, 0.25) is 0 Å². The molecule has 0 saturated heterocycles. The lowest BCUT2D eigenvalue weighted by Gasteiger charge is -2.09. The highest BCUT2D eigenvalue weighted by atomic mass is 35.5. The largest absolute Gasteiger partial charge is 0.457 e. The van der Waals surface area contributed by atoms with E-state index in [0.29, 0.717) is 22.2 Å². The number of carbonyl (C=O) groups is 2. The Balaban J connectivity index is 1.57. The molecule has 2 N–H and O–H groups in total. The molecule has 0 heterocycles. The third kappa shape index (κ3) is 5.23. The number of carbonyl (C=O) groups excluding carboxylic acids is 2. The van der Waals surface area contributed by atoms with E-state index >= 15 is 0 Å². The third-order valence-electron chi connectivity index (χ3n) is 3.51. The Morgan fingerprint density at radius 2 is 1.37 bits per heavy atom. The lowest BCUT2D eigenvalue weighted by atomic mass is 10.2. The fourth-order valence-electron chi connectivity index (χ4n) is 2.22. The van der Waals surface area contributed by atoms with Crippen LogP contribution in [0.5, 0.6) is 11.5 Å². The molecule has 3 aromatic carbocycles. The highest BCUT2D eigenvalue weighted by molar-refractivity contribution is 6.34. The number of nitrogens with one attached hydrogen (secondary N) is 2. The van der Waals surface area contributed by atoms with Gasteiger partial charge in [0.25, 0.3) is 5.91 Å². The van der Waals surface area contributed by atoms with Crippen molar-refractivity contribution >= 4 is 40.8 Å². The zero-order valence-corrected chi connectivity index (χ0v) is 15.4. The lowest BCUT2D eigenvalue weighted by molar-refractivity contribution is 0.0967. The second-order valence-corrected chi connectivity index (χ2v) is 6.31. The van der Waals surface area contributed by atoms with Gasteiger partial charge < -0.3 is 10.1 Å². The zero-order valence-electron chi connectivity index (χ0n) is 13.9. The van der Waals surface area contributed by atoms with Crippen molar-refractivity contribution in [1.29, 1.82) is 0 Å². The van der Waals surface area contributed by atoms with Crippen LogP contribution in [0.25, 0.3) is 0 Å². The number of anilines is 1. The molecular weight excluding hydrogens is 387 g/mol. The molecule has 0 spiro atoms. The maximum atomic E-state index is 12.1. The normalized spacial score (nSPS) is 10.1. The molecule has 7 heteroatoms. The standard InChI is InChI=1S/C20H14Cl2N2O3/c21-13-5-9-15(10-6-13)27-16-11-7-14(8-12-16)23-20(26)24-19(25)17-3-1-2-4-18(17)22/h1-12H,(H2,23,24,25,26). The molecule has 3 rings (SSSR count). The van der Waals surface area contributed by atoms with Crippen molar-refractivity contribution in [2.24, 2.45) is 0 Å². The minimum atomic E-state index is -0.661. The molecule has 136 valence electrons. The van der Waals surface area contributed by atoms with E-state index in [0.717, 1.165) is 0 Å². The molecule has 0 aliphatic heterocycles. The molecule has 0 unspecified atom stereocenters. The molecule has 3 aromatic rings. The topological polar surface area (TPSA) is 67.4 Å². The third-order valence-corrected chi connectivity index (χ3v) is 4.09. The van der Waals surface area contributed by atoms with Gasteiger partial charge in [-0.1, -0.05) is 35.3 Å². The molecule has 0 aromatic heterocycles. The highest BCUT2D eigenvalue weighted by Crippen LogP contribution is 2.24. The summed E-state index contributed by atoms with van der Waals surface area (Å²) in [5.74, 6) is 0.652. The lowest BCUT2D eigenvalue weighted by Crippen LogP contribution is -2.34. The quantitative estimate of drug-likeness (QED) is 0.585. The Morgan fingerprint density at radius 3 is 2.00 bits per heavy atom. The summed E-state index contributed by atoms with van der Waals surface area (Å²) in [6.07, 6.45) is 0. The number of hydrogen-bond donors (Lipinski definition) is 2. The average Bonchev–Trinajstić information content (AvgIpc) is 2.65. The van der Waals surface area contributed by atoms with Gasteiger partial charge >= 0.3 is 6.03 Å². The van der Waals surface area contributed by atoms with Gasteiger partial charge in [0.15, 0.2) is 0 Å². The van der Waals surface area contributed by atoms with Gasteiger partial charge in [0.05, 0.1) is 10.6 Å². The van der Waals surface area contributed by atoms with Gasteiger partial charge in [0.1, 0.15) is 11.5 Å². The van der Waals surface area contributed by atoms with Gasteiger partial charge in [-0.25, -0.2) is 4.79 Å². The summed E-state index contributed by atoms with van der Waals surface area (Å²) < 4.78 is 5.67. The first-order valence-corrected chi connectivity index (χ1v) is 8.67. The van der Waals surface area contributed by atoms with E-state index in [4.69, 9.17) is 27.9 Å². The predicted molar refractivity (Wildman–Crippen MR) is 106 cm³/mol. The van der Waals surface area contributed by atoms with Crippen molar-refractivity contribution in [3.8, 4) is 11.5 Å². The van der Waals surface area contributed by atoms with E-state index in [9.17, 15) is 9.59 Å². The number of hydrogen-bond acceptors (Lipinski definition) is 3. The van der Waals surface area contributed by atoms with E-state index < -0.39 is 11.9 Å². The van der Waals surface area contributed by atoms with Crippen molar-refractivity contribution in [3.63, 3.8) is 0 Å². The van der Waals surface area contributed by atoms with E-state index in [2.05, 4.69) is 10.6 Å². The first-order valence-electron chi connectivity index (χ1n) is 7.91. The number of benzene rings is 3. The Labute approximate surface area is 165 Å². The zero-order chi connectivity index (χ0) is 19.2. The van der Waals surface area contributed by atoms with Crippen LogP contribution in [0.3, 0.4) is 0 Å². The van der Waals surface area contributed by atoms with E-state index in [1.807, 2.05) is 0 Å². The van der Waals surface area contributed by atoms with Crippen LogP contribution in [0.1, 0.15) is 10.4 Å². The summed E-state index contributed by atoms with van der Waals surface area (Å²) in [5.41, 5.74) is 0.726. The van der Waals surface area contributed by atoms with Gasteiger partial charge in [-0.05, 0) is 60.7 Å². The fraction of sp³-hybridized carbons (Fsp3) is 0. The first kappa shape index (κ1) is 18.8. The molecule has 0 saturated carbocycles. The molecule has 27 heavy (non-hydrogen) atoms. The van der Waals surface area contributed by atoms with Crippen molar-refractivity contribution in [1.82, 2.24) is 5.32 Å². The Hall–Kier alpha value is -3.02. The number of rotatable bonds is 4. The van der Waals surface area contributed by atoms with Crippen LogP contribution in [0.2, 0.25) is 10.0 Å². The van der Waals surface area contributed by atoms with Crippen LogP contribution in [-0.4, -0.2) is 11.9 Å². The van der Waals surface area contributed by atoms with E-state index in [1.54, 1.807) is 66.7 Å². The number of halogens is 2. The monoisotopic (exact) mass is 400 g/mol. The Bertz CT molecular complexity index is 958. The van der Waals surface area contributed by atoms with Crippen molar-refractivity contribution in [2.45, 2.75) is 0 Å². The molecule has 5 nitrogen and oxygen atoms in total. The maximum Gasteiger partial charge on any atom is 0.326 e.